The van der Waals surface area contributed by atoms with Gasteiger partial charge in [0.1, 0.15) is 17.1 Å². The van der Waals surface area contributed by atoms with Gasteiger partial charge in [-0.15, -0.1) is 18.7 Å². The Morgan fingerprint density at radius 3 is 1.61 bits per heavy atom. The van der Waals surface area contributed by atoms with Gasteiger partial charge >= 0.3 is 40.2 Å². The summed E-state index contributed by atoms with van der Waals surface area (Å²) in [5.74, 6) is -0.422. The SMILES string of the molecule is Cc1cc(Cl)cc2c1C(=O)/C(=C1\Sc3cc(Cl)cc(C)c3C1=O)S2.Cc1ccc2c(c1)C(=O)C(c1[nH]c3cc[c-]cc3c1O)=N2.O=C1C(c2[nH]c3ccccc3c2O)=Nc2ccccc21.O=S(=O)=O.[Na+]. The predicted octanol–water partition coefficient (Wildman–Crippen LogP) is 8.59. The number of hydrogen-bond acceptors (Lipinski definition) is 13. The molecule has 342 valence electrons. The normalized spacial score (nSPS) is 14.8. The van der Waals surface area contributed by atoms with E-state index in [-0.39, 0.29) is 75.6 Å². The molecule has 0 fully saturated rings. The first-order chi connectivity index (χ1) is 33.0. The first kappa shape index (κ1) is 50.1. The molecule has 2 aromatic heterocycles. The third-order valence-electron chi connectivity index (χ3n) is 11.2. The number of Topliss-reactive ketones (excluding diaryl/α,β-unsaturated/α-hetero) is 4. The van der Waals surface area contributed by atoms with Gasteiger partial charge in [-0.05, 0) is 92.6 Å². The number of halogens is 2. The molecule has 0 radical (unpaired) electrons. The van der Waals surface area contributed by atoms with Crippen molar-refractivity contribution in [1.82, 2.24) is 9.97 Å². The maximum atomic E-state index is 12.9. The van der Waals surface area contributed by atoms with Gasteiger partial charge in [-0.1, -0.05) is 93.5 Å². The fourth-order valence-electron chi connectivity index (χ4n) is 8.17. The Balaban J connectivity index is 0.000000135. The number of para-hydroxylation sites is 2. The zero-order valence-electron chi connectivity index (χ0n) is 37.0. The molecule has 0 bridgehead atoms. The van der Waals surface area contributed by atoms with E-state index in [1.54, 1.807) is 66.7 Å². The Morgan fingerprint density at radius 1 is 0.586 bits per heavy atom. The van der Waals surface area contributed by atoms with Crippen LogP contribution in [0.1, 0.15) is 69.5 Å². The topological polar surface area (TPSA) is 216 Å². The summed E-state index contributed by atoms with van der Waals surface area (Å²) in [6.45, 7) is 5.65. The van der Waals surface area contributed by atoms with Crippen LogP contribution in [0.2, 0.25) is 10.0 Å². The van der Waals surface area contributed by atoms with Crippen molar-refractivity contribution < 1.29 is 71.6 Å². The van der Waals surface area contributed by atoms with Crippen molar-refractivity contribution in [2.75, 3.05) is 0 Å². The molecule has 70 heavy (non-hydrogen) atoms. The fourth-order valence-corrected chi connectivity index (χ4v) is 11.4. The number of aromatic amines is 2. The molecule has 8 aromatic rings. The largest absolute Gasteiger partial charge is 1.00 e. The molecule has 0 atom stereocenters. The molecule has 12 rings (SSSR count). The molecule has 0 saturated heterocycles. The number of nitrogens with one attached hydrogen (secondary N) is 2. The number of aromatic nitrogens is 2. The van der Waals surface area contributed by atoms with Gasteiger partial charge in [0, 0.05) is 47.4 Å². The van der Waals surface area contributed by atoms with Crippen LogP contribution in [0.4, 0.5) is 11.4 Å². The fraction of sp³-hybridized carbons (Fsp3) is 0.0588. The molecule has 0 unspecified atom stereocenters. The smallest absolute Gasteiger partial charge is 0.518 e. The van der Waals surface area contributed by atoms with E-state index in [4.69, 9.17) is 35.8 Å². The molecule has 4 aliphatic rings. The number of ketones is 4. The van der Waals surface area contributed by atoms with Crippen LogP contribution in [-0.4, -0.2) is 67.4 Å². The minimum absolute atomic E-state index is 0. The summed E-state index contributed by atoms with van der Waals surface area (Å²) in [7, 11) is -3.11. The Bertz CT molecular complexity index is 3740. The molecule has 0 saturated carbocycles. The third kappa shape index (κ3) is 9.36. The van der Waals surface area contributed by atoms with E-state index in [0.717, 1.165) is 37.5 Å². The van der Waals surface area contributed by atoms with E-state index in [2.05, 4.69) is 26.0 Å². The minimum atomic E-state index is -3.11. The Hall–Kier alpha value is -6.34. The van der Waals surface area contributed by atoms with Gasteiger partial charge in [0.2, 0.25) is 23.1 Å². The summed E-state index contributed by atoms with van der Waals surface area (Å²) in [5.41, 5.74) is 9.20. The maximum absolute atomic E-state index is 12.9. The number of thioether (sulfide) groups is 2. The molecule has 4 N–H and O–H groups in total. The average molecular weight is 1030 g/mol. The van der Waals surface area contributed by atoms with Gasteiger partial charge in [-0.3, -0.25) is 19.2 Å². The second-order valence-electron chi connectivity index (χ2n) is 15.7. The monoisotopic (exact) mass is 1030 g/mol. The first-order valence-electron chi connectivity index (χ1n) is 20.5. The summed E-state index contributed by atoms with van der Waals surface area (Å²) in [6, 6.07) is 35.3. The molecule has 6 aromatic carbocycles. The molecule has 0 spiro atoms. The number of hydrogen-bond donors (Lipinski definition) is 4. The van der Waals surface area contributed by atoms with E-state index < -0.39 is 10.6 Å². The molecule has 19 heteroatoms. The van der Waals surface area contributed by atoms with E-state index in [1.165, 1.54) is 23.5 Å². The maximum Gasteiger partial charge on any atom is 1.00 e. The molecule has 0 aliphatic carbocycles. The van der Waals surface area contributed by atoms with Crippen molar-refractivity contribution in [2.24, 2.45) is 9.98 Å². The zero-order valence-corrected chi connectivity index (χ0v) is 43.0. The summed E-state index contributed by atoms with van der Waals surface area (Å²) < 4.78 is 25.3. The molecule has 13 nitrogen and oxygen atoms in total. The number of nitrogens with zero attached hydrogens (tertiary/aromatic N) is 2. The molecular weight excluding hydrogens is 1000 g/mol. The second-order valence-corrected chi connectivity index (χ2v) is 19.1. The number of carbonyl (C=O) groups excluding carboxylic acids is 4. The van der Waals surface area contributed by atoms with Crippen molar-refractivity contribution >= 4 is 125 Å². The van der Waals surface area contributed by atoms with Gasteiger partial charge in [-0.25, -0.2) is 9.98 Å². The number of aliphatic imine (C=N–C) groups is 2. The number of allylic oxidation sites excluding steroid dienone is 2. The Morgan fingerprint density at radius 2 is 1.07 bits per heavy atom. The molecule has 4 aliphatic heterocycles. The van der Waals surface area contributed by atoms with Crippen LogP contribution >= 0.6 is 46.7 Å². The van der Waals surface area contributed by atoms with Crippen molar-refractivity contribution in [1.29, 1.82) is 0 Å². The Kier molecular flexibility index (Phi) is 14.4. The number of H-pyrrole nitrogens is 2. The van der Waals surface area contributed by atoms with Crippen molar-refractivity contribution in [2.45, 2.75) is 30.6 Å². The van der Waals surface area contributed by atoms with Gasteiger partial charge in [-0.2, -0.15) is 18.2 Å². The van der Waals surface area contributed by atoms with Crippen molar-refractivity contribution in [3.63, 3.8) is 0 Å². The number of fused-ring (bicyclic) bond motifs is 6. The minimum Gasteiger partial charge on any atom is -0.518 e. The average Bonchev–Trinajstić information content (AvgIpc) is 4.15. The predicted molar refractivity (Wildman–Crippen MR) is 267 cm³/mol. The molecule has 6 heterocycles. The zero-order chi connectivity index (χ0) is 49.0. The number of benzene rings is 6. The van der Waals surface area contributed by atoms with Gasteiger partial charge in [0.15, 0.2) is 5.75 Å². The van der Waals surface area contributed by atoms with Crippen LogP contribution in [0.15, 0.2) is 139 Å². The van der Waals surface area contributed by atoms with E-state index >= 15 is 0 Å². The Labute approximate surface area is 440 Å². The van der Waals surface area contributed by atoms with Crippen LogP contribution in [0.5, 0.6) is 11.5 Å². The van der Waals surface area contributed by atoms with E-state index in [0.29, 0.717) is 75.6 Å². The van der Waals surface area contributed by atoms with Gasteiger partial charge in [0.05, 0.1) is 38.2 Å². The molecule has 0 amide bonds. The van der Waals surface area contributed by atoms with E-state index in [9.17, 15) is 29.4 Å². The standard InChI is InChI=1S/C18H10Cl2O2S2.C17H11N2O2.C16H10N2O2.Na.O3S/c1-7-3-9(19)5-11-13(7)15(21)17(23-11)18-16(22)14-8(2)4-10(20)6-12(14)24-18;1-9-6-7-13-11(8-9)17(21)15(19-13)14-16(20)10-4-2-3-5-12(10)18-14;19-15-9-5-1-3-7-11(9)17-13(15)14-16(20)10-6-2-4-8-12(10)18-14;;1-4(2)3/h3-6H,1-2H3;3-8,18,20H,1H3;1-8,17,19H;;/q;-1;;+1;/b18-17+;;;;. The van der Waals surface area contributed by atoms with Crippen LogP contribution in [0.25, 0.3) is 21.8 Å². The number of carbonyl (C=O) groups is 4. The van der Waals surface area contributed by atoms with Crippen LogP contribution in [0, 0.1) is 26.8 Å². The number of aryl methyl sites for hydroxylation is 3. The van der Waals surface area contributed by atoms with Crippen molar-refractivity contribution in [3.05, 3.63) is 185 Å². The summed E-state index contributed by atoms with van der Waals surface area (Å²) in [5, 5.41) is 23.1. The third-order valence-corrected chi connectivity index (χ3v) is 14.1. The second kappa shape index (κ2) is 20.2. The number of aromatic hydroxyl groups is 2. The summed E-state index contributed by atoms with van der Waals surface area (Å²) in [6.07, 6.45) is 0. The van der Waals surface area contributed by atoms with Gasteiger partial charge in [0.25, 0.3) is 0 Å². The van der Waals surface area contributed by atoms with Crippen LogP contribution in [-0.2, 0) is 10.6 Å². The summed E-state index contributed by atoms with van der Waals surface area (Å²) in [4.78, 5) is 68.0. The first-order valence-corrected chi connectivity index (χ1v) is 23.9. The summed E-state index contributed by atoms with van der Waals surface area (Å²) >= 11 is 14.8. The van der Waals surface area contributed by atoms with Crippen molar-refractivity contribution in [3.8, 4) is 11.5 Å². The quantitative estimate of drug-likeness (QED) is 0.0731. The molecular formula is C51H31Cl2N4NaO9S3. The van der Waals surface area contributed by atoms with Crippen LogP contribution < -0.4 is 29.6 Å². The van der Waals surface area contributed by atoms with Gasteiger partial charge < -0.3 is 20.2 Å². The van der Waals surface area contributed by atoms with E-state index in [1.807, 2.05) is 63.2 Å². The van der Waals surface area contributed by atoms with Crippen LogP contribution in [0.3, 0.4) is 0 Å². The number of rotatable bonds is 2.